The van der Waals surface area contributed by atoms with Gasteiger partial charge < -0.3 is 5.32 Å². The molecule has 0 aromatic carbocycles. The van der Waals surface area contributed by atoms with Crippen LogP contribution < -0.4 is 5.32 Å². The predicted molar refractivity (Wildman–Crippen MR) is 42.7 cm³/mol. The first-order chi connectivity index (χ1) is 5.20. The van der Waals surface area contributed by atoms with Crippen molar-refractivity contribution in [1.82, 2.24) is 5.32 Å². The smallest absolute Gasteiger partial charge is 0.234 e. The summed E-state index contributed by atoms with van der Waals surface area (Å²) < 4.78 is 0. The number of rotatable bonds is 4. The van der Waals surface area contributed by atoms with Crippen molar-refractivity contribution in [2.75, 3.05) is 6.54 Å². The SMILES string of the molecule is CCC(C)CNC(=O)CC#N. The second-order valence-electron chi connectivity index (χ2n) is 2.65. The lowest BCUT2D eigenvalue weighted by Crippen LogP contribution is -2.27. The largest absolute Gasteiger partial charge is 0.355 e. The van der Waals surface area contributed by atoms with Gasteiger partial charge in [-0.15, -0.1) is 0 Å². The minimum Gasteiger partial charge on any atom is -0.355 e. The van der Waals surface area contributed by atoms with Crippen molar-refractivity contribution in [2.45, 2.75) is 26.7 Å². The maximum Gasteiger partial charge on any atom is 0.234 e. The van der Waals surface area contributed by atoms with E-state index in [2.05, 4.69) is 19.2 Å². The molecule has 0 aromatic heterocycles. The Balaban J connectivity index is 3.39. The molecule has 0 spiro atoms. The van der Waals surface area contributed by atoms with Crippen LogP contribution in [0.2, 0.25) is 0 Å². The average Bonchev–Trinajstić information content (AvgIpc) is 2.01. The number of hydrogen-bond acceptors (Lipinski definition) is 2. The van der Waals surface area contributed by atoms with E-state index < -0.39 is 0 Å². The molecule has 1 amide bonds. The molecule has 0 fully saturated rings. The molecule has 0 bridgehead atoms. The van der Waals surface area contributed by atoms with Crippen LogP contribution in [0.4, 0.5) is 0 Å². The molecule has 11 heavy (non-hydrogen) atoms. The lowest BCUT2D eigenvalue weighted by atomic mass is 10.1. The maximum atomic E-state index is 10.7. The third-order valence-corrected chi connectivity index (χ3v) is 1.58. The van der Waals surface area contributed by atoms with Crippen molar-refractivity contribution in [3.05, 3.63) is 0 Å². The summed E-state index contributed by atoms with van der Waals surface area (Å²) in [6.45, 7) is 4.81. The van der Waals surface area contributed by atoms with Crippen molar-refractivity contribution in [3.63, 3.8) is 0 Å². The van der Waals surface area contributed by atoms with Crippen LogP contribution in [0.25, 0.3) is 0 Å². The quantitative estimate of drug-likeness (QED) is 0.658. The normalized spacial score (nSPS) is 11.7. The van der Waals surface area contributed by atoms with Gasteiger partial charge in [0.25, 0.3) is 0 Å². The highest BCUT2D eigenvalue weighted by molar-refractivity contribution is 5.77. The molecule has 3 heteroatoms. The summed E-state index contributed by atoms with van der Waals surface area (Å²) in [6.07, 6.45) is 1.02. The predicted octanol–water partition coefficient (Wildman–Crippen LogP) is 1.06. The highest BCUT2D eigenvalue weighted by atomic mass is 16.1. The summed E-state index contributed by atoms with van der Waals surface area (Å²) in [5.41, 5.74) is 0. The van der Waals surface area contributed by atoms with Gasteiger partial charge in [0.2, 0.25) is 5.91 Å². The number of nitriles is 1. The van der Waals surface area contributed by atoms with Gasteiger partial charge in [0.15, 0.2) is 0 Å². The summed E-state index contributed by atoms with van der Waals surface area (Å²) in [7, 11) is 0. The standard InChI is InChI=1S/C8H14N2O/c1-3-7(2)6-10-8(11)4-5-9/h7H,3-4,6H2,1-2H3,(H,10,11). The molecule has 1 N–H and O–H groups in total. The Labute approximate surface area is 67.4 Å². The molecule has 1 unspecified atom stereocenters. The topological polar surface area (TPSA) is 52.9 Å². The van der Waals surface area contributed by atoms with Crippen molar-refractivity contribution >= 4 is 5.91 Å². The van der Waals surface area contributed by atoms with Gasteiger partial charge in [-0.05, 0) is 5.92 Å². The van der Waals surface area contributed by atoms with Crippen LogP contribution in [-0.4, -0.2) is 12.5 Å². The molecule has 0 aliphatic heterocycles. The van der Waals surface area contributed by atoms with E-state index in [9.17, 15) is 4.79 Å². The van der Waals surface area contributed by atoms with E-state index >= 15 is 0 Å². The Bertz CT molecular complexity index is 160. The van der Waals surface area contributed by atoms with Gasteiger partial charge in [-0.25, -0.2) is 0 Å². The van der Waals surface area contributed by atoms with Crippen LogP contribution >= 0.6 is 0 Å². The first kappa shape index (κ1) is 9.96. The summed E-state index contributed by atoms with van der Waals surface area (Å²) in [4.78, 5) is 10.7. The lowest BCUT2D eigenvalue weighted by Gasteiger charge is -2.07. The number of nitrogens with zero attached hydrogens (tertiary/aromatic N) is 1. The maximum absolute atomic E-state index is 10.7. The summed E-state index contributed by atoms with van der Waals surface area (Å²) in [5.74, 6) is 0.324. The first-order valence-corrected chi connectivity index (χ1v) is 3.84. The summed E-state index contributed by atoms with van der Waals surface area (Å²) in [6, 6.07) is 1.80. The van der Waals surface area contributed by atoms with E-state index in [-0.39, 0.29) is 12.3 Å². The van der Waals surface area contributed by atoms with E-state index in [1.165, 1.54) is 0 Å². The van der Waals surface area contributed by atoms with E-state index in [4.69, 9.17) is 5.26 Å². The fourth-order valence-electron chi connectivity index (χ4n) is 0.567. The zero-order valence-electron chi connectivity index (χ0n) is 7.05. The highest BCUT2D eigenvalue weighted by Crippen LogP contribution is 1.96. The van der Waals surface area contributed by atoms with Gasteiger partial charge >= 0.3 is 0 Å². The second-order valence-corrected chi connectivity index (χ2v) is 2.65. The van der Waals surface area contributed by atoms with Gasteiger partial charge in [0.05, 0.1) is 6.07 Å². The summed E-state index contributed by atoms with van der Waals surface area (Å²) in [5, 5.41) is 10.8. The number of amides is 1. The molecule has 62 valence electrons. The van der Waals surface area contributed by atoms with Crippen molar-refractivity contribution in [3.8, 4) is 6.07 Å². The fourth-order valence-corrected chi connectivity index (χ4v) is 0.567. The Morgan fingerprint density at radius 3 is 2.82 bits per heavy atom. The molecule has 1 atom stereocenters. The van der Waals surface area contributed by atoms with E-state index in [0.717, 1.165) is 6.42 Å². The Morgan fingerprint density at radius 1 is 1.73 bits per heavy atom. The first-order valence-electron chi connectivity index (χ1n) is 3.84. The monoisotopic (exact) mass is 154 g/mol. The molecule has 0 aromatic rings. The molecule has 0 aliphatic rings. The Kier molecular flexibility index (Phi) is 5.18. The van der Waals surface area contributed by atoms with Crippen LogP contribution in [0.15, 0.2) is 0 Å². The van der Waals surface area contributed by atoms with Crippen LogP contribution in [-0.2, 0) is 4.79 Å². The fraction of sp³-hybridized carbons (Fsp3) is 0.750. The number of hydrogen-bond donors (Lipinski definition) is 1. The van der Waals surface area contributed by atoms with E-state index in [1.807, 2.05) is 0 Å². The number of nitrogens with one attached hydrogen (secondary N) is 1. The van der Waals surface area contributed by atoms with E-state index in [0.29, 0.717) is 12.5 Å². The van der Waals surface area contributed by atoms with Gasteiger partial charge in [-0.2, -0.15) is 5.26 Å². The van der Waals surface area contributed by atoms with Crippen LogP contribution in [0.1, 0.15) is 26.7 Å². The Hall–Kier alpha value is -1.04. The van der Waals surface area contributed by atoms with E-state index in [1.54, 1.807) is 6.07 Å². The van der Waals surface area contributed by atoms with Crippen molar-refractivity contribution < 1.29 is 4.79 Å². The minimum absolute atomic E-state index is 0.0313. The zero-order valence-corrected chi connectivity index (χ0v) is 7.05. The lowest BCUT2D eigenvalue weighted by molar-refractivity contribution is -0.120. The van der Waals surface area contributed by atoms with Crippen LogP contribution in [0.5, 0.6) is 0 Å². The second kappa shape index (κ2) is 5.72. The third kappa shape index (κ3) is 5.41. The molecule has 0 saturated heterocycles. The molecule has 0 radical (unpaired) electrons. The zero-order chi connectivity index (χ0) is 8.69. The molecular formula is C8H14N2O. The third-order valence-electron chi connectivity index (χ3n) is 1.58. The minimum atomic E-state index is -0.173. The number of carbonyl (C=O) groups is 1. The van der Waals surface area contributed by atoms with Gasteiger partial charge in [-0.3, -0.25) is 4.79 Å². The van der Waals surface area contributed by atoms with Crippen LogP contribution in [0.3, 0.4) is 0 Å². The molecular weight excluding hydrogens is 140 g/mol. The molecule has 0 rings (SSSR count). The van der Waals surface area contributed by atoms with Crippen molar-refractivity contribution in [1.29, 1.82) is 5.26 Å². The van der Waals surface area contributed by atoms with Crippen molar-refractivity contribution in [2.24, 2.45) is 5.92 Å². The highest BCUT2D eigenvalue weighted by Gasteiger charge is 2.01. The Morgan fingerprint density at radius 2 is 2.36 bits per heavy atom. The number of carbonyl (C=O) groups excluding carboxylic acids is 1. The molecule has 0 heterocycles. The molecule has 0 aliphatic carbocycles. The average molecular weight is 154 g/mol. The molecule has 0 saturated carbocycles. The van der Waals surface area contributed by atoms with Gasteiger partial charge in [-0.1, -0.05) is 20.3 Å². The molecule has 3 nitrogen and oxygen atoms in total. The van der Waals surface area contributed by atoms with Gasteiger partial charge in [0, 0.05) is 6.54 Å². The van der Waals surface area contributed by atoms with Gasteiger partial charge in [0.1, 0.15) is 6.42 Å². The summed E-state index contributed by atoms with van der Waals surface area (Å²) >= 11 is 0. The van der Waals surface area contributed by atoms with Crippen LogP contribution in [0, 0.1) is 17.2 Å².